The Kier molecular flexibility index (Phi) is 5.57. The number of nitrogens with zero attached hydrogens (tertiary/aromatic N) is 2. The van der Waals surface area contributed by atoms with Gasteiger partial charge in [-0.1, -0.05) is 127 Å². The maximum Gasteiger partial charge on any atom is 0.144 e. The molecule has 3 heteroatoms. The van der Waals surface area contributed by atoms with Crippen LogP contribution in [0.25, 0.3) is 98.9 Å². The summed E-state index contributed by atoms with van der Waals surface area (Å²) < 4.78 is 6.52. The first-order chi connectivity index (χ1) is 23.3. The van der Waals surface area contributed by atoms with Crippen LogP contribution in [-0.2, 0) is 0 Å². The zero-order chi connectivity index (χ0) is 30.9. The topological polar surface area (TPSA) is 38.9 Å². The molecule has 0 spiro atoms. The summed E-state index contributed by atoms with van der Waals surface area (Å²) in [6.07, 6.45) is 0. The quantitative estimate of drug-likeness (QED) is 0.190. The Morgan fingerprint density at radius 2 is 1.11 bits per heavy atom. The zero-order valence-electron chi connectivity index (χ0n) is 25.3. The van der Waals surface area contributed by atoms with Gasteiger partial charge in [0, 0.05) is 48.8 Å². The molecule has 218 valence electrons. The fourth-order valence-corrected chi connectivity index (χ4v) is 7.13. The number of rotatable bonds is 3. The van der Waals surface area contributed by atoms with Crippen molar-refractivity contribution in [3.63, 3.8) is 0 Å². The molecule has 0 aliphatic carbocycles. The van der Waals surface area contributed by atoms with Crippen molar-refractivity contribution in [1.82, 2.24) is 9.97 Å². The molecule has 10 rings (SSSR count). The average Bonchev–Trinajstić information content (AvgIpc) is 3.53. The predicted molar refractivity (Wildman–Crippen MR) is 196 cm³/mol. The molecule has 0 fully saturated rings. The van der Waals surface area contributed by atoms with Gasteiger partial charge in [-0.25, -0.2) is 9.97 Å². The second-order valence-electron chi connectivity index (χ2n) is 12.2. The van der Waals surface area contributed by atoms with Gasteiger partial charge in [-0.15, -0.1) is 0 Å². The Morgan fingerprint density at radius 1 is 0.404 bits per heavy atom. The van der Waals surface area contributed by atoms with Crippen LogP contribution in [-0.4, -0.2) is 9.97 Å². The van der Waals surface area contributed by atoms with Crippen molar-refractivity contribution in [1.29, 1.82) is 0 Å². The third kappa shape index (κ3) is 4.07. The van der Waals surface area contributed by atoms with Gasteiger partial charge in [0.1, 0.15) is 11.2 Å². The summed E-state index contributed by atoms with van der Waals surface area (Å²) in [5.74, 6) is 0. The lowest BCUT2D eigenvalue weighted by Gasteiger charge is -2.12. The number of hydrogen-bond acceptors (Lipinski definition) is 3. The maximum atomic E-state index is 6.52. The van der Waals surface area contributed by atoms with Gasteiger partial charge >= 0.3 is 0 Å². The van der Waals surface area contributed by atoms with Crippen LogP contribution in [0.2, 0.25) is 0 Å². The van der Waals surface area contributed by atoms with Crippen molar-refractivity contribution < 1.29 is 4.42 Å². The van der Waals surface area contributed by atoms with Crippen LogP contribution >= 0.6 is 0 Å². The molecule has 0 aliphatic heterocycles. The minimum Gasteiger partial charge on any atom is -0.455 e. The Morgan fingerprint density at radius 3 is 2.02 bits per heavy atom. The Bertz CT molecular complexity index is 2850. The Hall–Kier alpha value is -6.32. The summed E-state index contributed by atoms with van der Waals surface area (Å²) in [7, 11) is 0. The third-order valence-corrected chi connectivity index (χ3v) is 9.44. The summed E-state index contributed by atoms with van der Waals surface area (Å²) in [6, 6.07) is 55.4. The molecule has 47 heavy (non-hydrogen) atoms. The summed E-state index contributed by atoms with van der Waals surface area (Å²) in [4.78, 5) is 10.3. The molecule has 3 aromatic heterocycles. The number of para-hydroxylation sites is 2. The van der Waals surface area contributed by atoms with Gasteiger partial charge in [0.05, 0.1) is 22.4 Å². The van der Waals surface area contributed by atoms with E-state index >= 15 is 0 Å². The molecule has 0 aliphatic rings. The lowest BCUT2D eigenvalue weighted by Crippen LogP contribution is -1.91. The molecule has 0 radical (unpaired) electrons. The van der Waals surface area contributed by atoms with E-state index in [1.807, 2.05) is 12.1 Å². The minimum atomic E-state index is 0.898. The largest absolute Gasteiger partial charge is 0.455 e. The van der Waals surface area contributed by atoms with E-state index in [4.69, 9.17) is 14.4 Å². The van der Waals surface area contributed by atoms with Crippen LogP contribution in [0.5, 0.6) is 0 Å². The summed E-state index contributed by atoms with van der Waals surface area (Å²) in [5, 5.41) is 9.06. The van der Waals surface area contributed by atoms with E-state index in [2.05, 4.69) is 146 Å². The molecule has 10 aromatic rings. The summed E-state index contributed by atoms with van der Waals surface area (Å²) in [5.41, 5.74) is 10.2. The van der Waals surface area contributed by atoms with Gasteiger partial charge in [-0.05, 0) is 46.8 Å². The lowest BCUT2D eigenvalue weighted by molar-refractivity contribution is 0.673. The number of fused-ring (bicyclic) bond motifs is 10. The standard InChI is InChI=1S/C44H26N2O/c1-2-11-33-28(8-1)18-21-30-22-25-38(45-42(30)33)29-19-16-27(17-20-29)31-9-7-10-32(26-31)43-37-24-23-35-34-12-4-6-15-40(34)47-44(35)41(37)36-13-3-5-14-39(36)46-43/h1-26H. The van der Waals surface area contributed by atoms with Crippen LogP contribution in [0.15, 0.2) is 162 Å². The highest BCUT2D eigenvalue weighted by Gasteiger charge is 2.17. The van der Waals surface area contributed by atoms with E-state index < -0.39 is 0 Å². The normalized spacial score (nSPS) is 11.8. The van der Waals surface area contributed by atoms with E-state index in [1.54, 1.807) is 0 Å². The minimum absolute atomic E-state index is 0.898. The molecular formula is C44H26N2O. The molecule has 0 bridgehead atoms. The predicted octanol–water partition coefficient (Wildman–Crippen LogP) is 12.0. The van der Waals surface area contributed by atoms with E-state index in [0.717, 1.165) is 88.2 Å². The molecule has 0 amide bonds. The van der Waals surface area contributed by atoms with E-state index in [1.165, 1.54) is 10.8 Å². The Labute approximate surface area is 270 Å². The van der Waals surface area contributed by atoms with E-state index in [9.17, 15) is 0 Å². The molecule has 0 atom stereocenters. The number of hydrogen-bond donors (Lipinski definition) is 0. The molecule has 3 heterocycles. The third-order valence-electron chi connectivity index (χ3n) is 9.44. The van der Waals surface area contributed by atoms with E-state index in [0.29, 0.717) is 0 Å². The molecule has 7 aromatic carbocycles. The fraction of sp³-hybridized carbons (Fsp3) is 0. The van der Waals surface area contributed by atoms with Crippen molar-refractivity contribution in [2.75, 3.05) is 0 Å². The number of aromatic nitrogens is 2. The molecule has 3 nitrogen and oxygen atoms in total. The molecule has 0 unspecified atom stereocenters. The average molecular weight is 599 g/mol. The van der Waals surface area contributed by atoms with Gasteiger partial charge in [0.2, 0.25) is 0 Å². The zero-order valence-corrected chi connectivity index (χ0v) is 25.3. The van der Waals surface area contributed by atoms with Crippen molar-refractivity contribution in [3.05, 3.63) is 158 Å². The van der Waals surface area contributed by atoms with Crippen LogP contribution in [0.1, 0.15) is 0 Å². The summed E-state index contributed by atoms with van der Waals surface area (Å²) in [6.45, 7) is 0. The van der Waals surface area contributed by atoms with Crippen molar-refractivity contribution in [3.8, 4) is 33.6 Å². The van der Waals surface area contributed by atoms with Crippen LogP contribution in [0.3, 0.4) is 0 Å². The van der Waals surface area contributed by atoms with E-state index in [-0.39, 0.29) is 0 Å². The second-order valence-corrected chi connectivity index (χ2v) is 12.2. The first-order valence-electron chi connectivity index (χ1n) is 15.9. The first-order valence-corrected chi connectivity index (χ1v) is 15.9. The van der Waals surface area contributed by atoms with Crippen LogP contribution < -0.4 is 0 Å². The number of pyridine rings is 2. The second kappa shape index (κ2) is 10.1. The fourth-order valence-electron chi connectivity index (χ4n) is 7.13. The lowest BCUT2D eigenvalue weighted by atomic mass is 9.95. The molecule has 0 saturated heterocycles. The van der Waals surface area contributed by atoms with Gasteiger partial charge in [0.15, 0.2) is 0 Å². The molecule has 0 saturated carbocycles. The SMILES string of the molecule is c1cc(-c2ccc(-c3ccc4ccc5ccccc5c4n3)cc2)cc(-c2nc3ccccc3c3c2ccc2c4ccccc4oc23)c1. The maximum absolute atomic E-state index is 6.52. The van der Waals surface area contributed by atoms with Crippen molar-refractivity contribution in [2.24, 2.45) is 0 Å². The van der Waals surface area contributed by atoms with Gasteiger partial charge < -0.3 is 4.42 Å². The molecule has 0 N–H and O–H groups in total. The first kappa shape index (κ1) is 26.0. The Balaban J connectivity index is 1.09. The molecular weight excluding hydrogens is 572 g/mol. The van der Waals surface area contributed by atoms with Crippen molar-refractivity contribution >= 4 is 65.3 Å². The number of benzene rings is 7. The summed E-state index contributed by atoms with van der Waals surface area (Å²) >= 11 is 0. The van der Waals surface area contributed by atoms with Gasteiger partial charge in [0.25, 0.3) is 0 Å². The van der Waals surface area contributed by atoms with Crippen LogP contribution in [0, 0.1) is 0 Å². The highest BCUT2D eigenvalue weighted by Crippen LogP contribution is 2.41. The van der Waals surface area contributed by atoms with Crippen molar-refractivity contribution in [2.45, 2.75) is 0 Å². The van der Waals surface area contributed by atoms with Gasteiger partial charge in [-0.3, -0.25) is 0 Å². The van der Waals surface area contributed by atoms with Gasteiger partial charge in [-0.2, -0.15) is 0 Å². The highest BCUT2D eigenvalue weighted by atomic mass is 16.3. The van der Waals surface area contributed by atoms with Crippen LogP contribution in [0.4, 0.5) is 0 Å². The monoisotopic (exact) mass is 598 g/mol. The number of furan rings is 1. The smallest absolute Gasteiger partial charge is 0.144 e. The highest BCUT2D eigenvalue weighted by molar-refractivity contribution is 6.24.